The van der Waals surface area contributed by atoms with Crippen molar-refractivity contribution in [2.45, 2.75) is 32.2 Å². The number of aryl methyl sites for hydroxylation is 1. The predicted molar refractivity (Wildman–Crippen MR) is 58.0 cm³/mol. The number of halogens is 2. The summed E-state index contributed by atoms with van der Waals surface area (Å²) in [5.41, 5.74) is 6.82. The van der Waals surface area contributed by atoms with E-state index in [-0.39, 0.29) is 16.9 Å². The Balaban J connectivity index is 2.55. The van der Waals surface area contributed by atoms with Gasteiger partial charge in [-0.2, -0.15) is 0 Å². The molecule has 1 unspecified atom stereocenters. The molecule has 0 spiro atoms. The highest BCUT2D eigenvalue weighted by Gasteiger charge is 2.03. The third-order valence-corrected chi connectivity index (χ3v) is 2.60. The van der Waals surface area contributed by atoms with Gasteiger partial charge in [-0.3, -0.25) is 0 Å². The molecule has 1 atom stereocenters. The highest BCUT2D eigenvalue weighted by atomic mass is 35.5. The lowest BCUT2D eigenvalue weighted by atomic mass is 10.0. The van der Waals surface area contributed by atoms with Crippen LogP contribution in [0.2, 0.25) is 5.02 Å². The first-order valence-electron chi connectivity index (χ1n) is 4.83. The van der Waals surface area contributed by atoms with E-state index in [1.165, 1.54) is 6.07 Å². The summed E-state index contributed by atoms with van der Waals surface area (Å²) in [6.07, 6.45) is 2.74. The fourth-order valence-electron chi connectivity index (χ4n) is 1.25. The summed E-state index contributed by atoms with van der Waals surface area (Å²) in [5.74, 6) is -0.366. The van der Waals surface area contributed by atoms with E-state index in [1.54, 1.807) is 12.1 Å². The second kappa shape index (κ2) is 5.32. The molecule has 0 radical (unpaired) electrons. The normalized spacial score (nSPS) is 12.9. The second-order valence-electron chi connectivity index (χ2n) is 3.46. The molecule has 0 aliphatic rings. The van der Waals surface area contributed by atoms with E-state index >= 15 is 0 Å². The van der Waals surface area contributed by atoms with Crippen LogP contribution in [0.15, 0.2) is 18.2 Å². The van der Waals surface area contributed by atoms with Gasteiger partial charge in [-0.05, 0) is 37.0 Å². The van der Waals surface area contributed by atoms with Crippen molar-refractivity contribution in [1.29, 1.82) is 0 Å². The van der Waals surface area contributed by atoms with Gasteiger partial charge in [0.15, 0.2) is 0 Å². The van der Waals surface area contributed by atoms with Crippen molar-refractivity contribution < 1.29 is 4.39 Å². The maximum Gasteiger partial charge on any atom is 0.141 e. The first-order chi connectivity index (χ1) is 6.63. The van der Waals surface area contributed by atoms with Crippen molar-refractivity contribution in [3.8, 4) is 0 Å². The van der Waals surface area contributed by atoms with Crippen LogP contribution in [-0.2, 0) is 6.42 Å². The molecule has 0 heterocycles. The molecule has 1 nitrogen and oxygen atoms in total. The quantitative estimate of drug-likeness (QED) is 0.821. The van der Waals surface area contributed by atoms with E-state index in [0.717, 1.165) is 24.8 Å². The molecular formula is C11H15ClFN. The summed E-state index contributed by atoms with van der Waals surface area (Å²) < 4.78 is 12.8. The third-order valence-electron chi connectivity index (χ3n) is 2.31. The van der Waals surface area contributed by atoms with Crippen LogP contribution in [0.5, 0.6) is 0 Å². The number of benzene rings is 1. The Morgan fingerprint density at radius 3 is 2.79 bits per heavy atom. The van der Waals surface area contributed by atoms with Crippen molar-refractivity contribution in [2.24, 2.45) is 5.73 Å². The molecule has 0 amide bonds. The lowest BCUT2D eigenvalue weighted by Gasteiger charge is -2.08. The Labute approximate surface area is 89.1 Å². The van der Waals surface area contributed by atoms with Gasteiger partial charge in [0.25, 0.3) is 0 Å². The Kier molecular flexibility index (Phi) is 4.36. The summed E-state index contributed by atoms with van der Waals surface area (Å²) in [4.78, 5) is 0. The van der Waals surface area contributed by atoms with Gasteiger partial charge in [-0.25, -0.2) is 4.39 Å². The summed E-state index contributed by atoms with van der Waals surface area (Å²) in [6, 6.07) is 5.04. The number of hydrogen-bond donors (Lipinski definition) is 1. The fraction of sp³-hybridized carbons (Fsp3) is 0.455. The molecule has 1 rings (SSSR count). The van der Waals surface area contributed by atoms with Crippen LogP contribution in [0.4, 0.5) is 4.39 Å². The summed E-state index contributed by atoms with van der Waals surface area (Å²) in [5, 5.41) is 0.188. The lowest BCUT2D eigenvalue weighted by Crippen LogP contribution is -2.19. The Morgan fingerprint density at radius 2 is 2.21 bits per heavy atom. The largest absolute Gasteiger partial charge is 0.328 e. The average molecular weight is 216 g/mol. The Hall–Kier alpha value is -0.600. The molecular weight excluding hydrogens is 201 g/mol. The third kappa shape index (κ3) is 3.28. The minimum absolute atomic E-state index is 0.188. The van der Waals surface area contributed by atoms with Crippen LogP contribution in [0.3, 0.4) is 0 Å². The van der Waals surface area contributed by atoms with Crippen LogP contribution in [0.25, 0.3) is 0 Å². The monoisotopic (exact) mass is 215 g/mol. The number of rotatable bonds is 4. The van der Waals surface area contributed by atoms with Gasteiger partial charge in [0.1, 0.15) is 5.82 Å². The van der Waals surface area contributed by atoms with Crippen molar-refractivity contribution >= 4 is 11.6 Å². The van der Waals surface area contributed by atoms with Crippen molar-refractivity contribution in [1.82, 2.24) is 0 Å². The molecule has 2 N–H and O–H groups in total. The van der Waals surface area contributed by atoms with Crippen LogP contribution in [0.1, 0.15) is 25.3 Å². The zero-order chi connectivity index (χ0) is 10.6. The van der Waals surface area contributed by atoms with Crippen molar-refractivity contribution in [2.75, 3.05) is 0 Å². The maximum atomic E-state index is 12.8. The predicted octanol–water partition coefficient (Wildman–Crippen LogP) is 3.15. The minimum Gasteiger partial charge on any atom is -0.328 e. The summed E-state index contributed by atoms with van der Waals surface area (Å²) in [6.45, 7) is 2.06. The zero-order valence-electron chi connectivity index (χ0n) is 8.26. The maximum absolute atomic E-state index is 12.8. The van der Waals surface area contributed by atoms with Gasteiger partial charge in [0.2, 0.25) is 0 Å². The average Bonchev–Trinajstić information content (AvgIpc) is 2.19. The molecule has 0 fully saturated rings. The first kappa shape index (κ1) is 11.5. The van der Waals surface area contributed by atoms with Crippen LogP contribution >= 0.6 is 11.6 Å². The molecule has 1 aromatic carbocycles. The van der Waals surface area contributed by atoms with Crippen molar-refractivity contribution in [3.63, 3.8) is 0 Å². The van der Waals surface area contributed by atoms with Gasteiger partial charge < -0.3 is 5.73 Å². The highest BCUT2D eigenvalue weighted by Crippen LogP contribution is 2.17. The molecule has 0 aliphatic heterocycles. The van der Waals surface area contributed by atoms with E-state index in [0.29, 0.717) is 0 Å². The van der Waals surface area contributed by atoms with Gasteiger partial charge in [0.05, 0.1) is 5.02 Å². The van der Waals surface area contributed by atoms with Gasteiger partial charge >= 0.3 is 0 Å². The zero-order valence-corrected chi connectivity index (χ0v) is 9.02. The molecule has 0 saturated carbocycles. The summed E-state index contributed by atoms with van der Waals surface area (Å²) in [7, 11) is 0. The molecule has 0 aliphatic carbocycles. The minimum atomic E-state index is -0.366. The molecule has 0 saturated heterocycles. The van der Waals surface area contributed by atoms with Gasteiger partial charge in [0, 0.05) is 6.04 Å². The Morgan fingerprint density at radius 1 is 1.50 bits per heavy atom. The molecule has 78 valence electrons. The van der Waals surface area contributed by atoms with Crippen molar-refractivity contribution in [3.05, 3.63) is 34.6 Å². The fourth-order valence-corrected chi connectivity index (χ4v) is 1.45. The topological polar surface area (TPSA) is 26.0 Å². The van der Waals surface area contributed by atoms with E-state index in [4.69, 9.17) is 17.3 Å². The standard InChI is InChI=1S/C11H15ClFN/c1-2-9(14)5-3-8-4-6-11(13)10(12)7-8/h4,6-7,9H,2-3,5,14H2,1H3. The van der Waals surface area contributed by atoms with Gasteiger partial charge in [-0.1, -0.05) is 24.6 Å². The Bertz CT molecular complexity index is 301. The smallest absolute Gasteiger partial charge is 0.141 e. The van der Waals surface area contributed by atoms with Crippen LogP contribution < -0.4 is 5.73 Å². The molecule has 0 aromatic heterocycles. The molecule has 14 heavy (non-hydrogen) atoms. The van der Waals surface area contributed by atoms with Crippen LogP contribution in [-0.4, -0.2) is 6.04 Å². The molecule has 3 heteroatoms. The molecule has 1 aromatic rings. The molecule has 0 bridgehead atoms. The number of nitrogens with two attached hydrogens (primary N) is 1. The summed E-state index contributed by atoms with van der Waals surface area (Å²) >= 11 is 5.66. The van der Waals surface area contributed by atoms with E-state index in [1.807, 2.05) is 0 Å². The second-order valence-corrected chi connectivity index (χ2v) is 3.86. The van der Waals surface area contributed by atoms with E-state index in [9.17, 15) is 4.39 Å². The van der Waals surface area contributed by atoms with E-state index in [2.05, 4.69) is 6.92 Å². The first-order valence-corrected chi connectivity index (χ1v) is 5.20. The highest BCUT2D eigenvalue weighted by molar-refractivity contribution is 6.30. The SMILES string of the molecule is CCC(N)CCc1ccc(F)c(Cl)c1. The van der Waals surface area contributed by atoms with Gasteiger partial charge in [-0.15, -0.1) is 0 Å². The number of hydrogen-bond acceptors (Lipinski definition) is 1. The lowest BCUT2D eigenvalue weighted by molar-refractivity contribution is 0.594. The van der Waals surface area contributed by atoms with Crippen LogP contribution in [0, 0.1) is 5.82 Å². The van der Waals surface area contributed by atoms with E-state index < -0.39 is 0 Å².